The van der Waals surface area contributed by atoms with Crippen molar-refractivity contribution < 1.29 is 14.3 Å². The van der Waals surface area contributed by atoms with Crippen LogP contribution < -0.4 is 14.8 Å². The SMILES string of the molecule is O=C(Cc1ccc2c(c1)OCO2)Nc1cccc(-c2cn3ccccc3n2)c1. The molecule has 0 aliphatic carbocycles. The molecular formula is C22H17N3O3. The fourth-order valence-electron chi connectivity index (χ4n) is 3.27. The molecule has 4 aromatic rings. The highest BCUT2D eigenvalue weighted by Gasteiger charge is 2.14. The van der Waals surface area contributed by atoms with Crippen LogP contribution in [0.25, 0.3) is 16.9 Å². The van der Waals surface area contributed by atoms with Gasteiger partial charge >= 0.3 is 0 Å². The van der Waals surface area contributed by atoms with E-state index in [1.54, 1.807) is 0 Å². The molecule has 0 saturated heterocycles. The minimum atomic E-state index is -0.0917. The van der Waals surface area contributed by atoms with Gasteiger partial charge in [-0.05, 0) is 42.0 Å². The zero-order chi connectivity index (χ0) is 18.9. The van der Waals surface area contributed by atoms with Gasteiger partial charge in [0.2, 0.25) is 12.7 Å². The van der Waals surface area contributed by atoms with Crippen molar-refractivity contribution in [2.75, 3.05) is 12.1 Å². The van der Waals surface area contributed by atoms with Gasteiger partial charge in [-0.3, -0.25) is 4.79 Å². The minimum Gasteiger partial charge on any atom is -0.454 e. The summed E-state index contributed by atoms with van der Waals surface area (Å²) in [4.78, 5) is 17.1. The first-order chi connectivity index (χ1) is 13.7. The summed E-state index contributed by atoms with van der Waals surface area (Å²) in [6, 6.07) is 19.1. The van der Waals surface area contributed by atoms with E-state index in [9.17, 15) is 4.79 Å². The molecule has 1 N–H and O–H groups in total. The zero-order valence-electron chi connectivity index (χ0n) is 15.0. The molecule has 138 valence electrons. The largest absolute Gasteiger partial charge is 0.454 e. The van der Waals surface area contributed by atoms with Crippen LogP contribution in [0.3, 0.4) is 0 Å². The Morgan fingerprint density at radius 1 is 1.04 bits per heavy atom. The first-order valence-corrected chi connectivity index (χ1v) is 8.97. The Morgan fingerprint density at radius 2 is 1.96 bits per heavy atom. The Kier molecular flexibility index (Phi) is 3.94. The highest BCUT2D eigenvalue weighted by molar-refractivity contribution is 5.93. The highest BCUT2D eigenvalue weighted by Crippen LogP contribution is 2.32. The summed E-state index contributed by atoms with van der Waals surface area (Å²) >= 11 is 0. The van der Waals surface area contributed by atoms with E-state index in [0.717, 1.165) is 28.2 Å². The molecule has 6 nitrogen and oxygen atoms in total. The Balaban J connectivity index is 1.32. The first kappa shape index (κ1) is 16.4. The summed E-state index contributed by atoms with van der Waals surface area (Å²) in [5.41, 5.74) is 4.30. The number of imidazole rings is 1. The molecule has 3 heterocycles. The molecule has 0 spiro atoms. The molecule has 28 heavy (non-hydrogen) atoms. The third-order valence-electron chi connectivity index (χ3n) is 4.61. The Labute approximate surface area is 161 Å². The minimum absolute atomic E-state index is 0.0917. The summed E-state index contributed by atoms with van der Waals surface area (Å²) in [7, 11) is 0. The second-order valence-corrected chi connectivity index (χ2v) is 6.59. The zero-order valence-corrected chi connectivity index (χ0v) is 15.0. The molecule has 2 aromatic carbocycles. The van der Waals surface area contributed by atoms with Crippen molar-refractivity contribution in [1.82, 2.24) is 9.38 Å². The van der Waals surface area contributed by atoms with Gasteiger partial charge in [-0.15, -0.1) is 0 Å². The van der Waals surface area contributed by atoms with Gasteiger partial charge in [-0.2, -0.15) is 0 Å². The van der Waals surface area contributed by atoms with Crippen molar-refractivity contribution in [3.63, 3.8) is 0 Å². The van der Waals surface area contributed by atoms with Gasteiger partial charge in [-0.1, -0.05) is 24.3 Å². The van der Waals surface area contributed by atoms with Crippen LogP contribution in [0.4, 0.5) is 5.69 Å². The van der Waals surface area contributed by atoms with Crippen LogP contribution in [-0.4, -0.2) is 22.1 Å². The Bertz CT molecular complexity index is 1150. The number of pyridine rings is 1. The maximum atomic E-state index is 12.5. The number of anilines is 1. The van der Waals surface area contributed by atoms with Gasteiger partial charge in [0.15, 0.2) is 11.5 Å². The smallest absolute Gasteiger partial charge is 0.231 e. The fourth-order valence-corrected chi connectivity index (χ4v) is 3.27. The molecular weight excluding hydrogens is 354 g/mol. The van der Waals surface area contributed by atoms with Crippen molar-refractivity contribution in [1.29, 1.82) is 0 Å². The number of rotatable bonds is 4. The van der Waals surface area contributed by atoms with Crippen LogP contribution in [0, 0.1) is 0 Å². The third-order valence-corrected chi connectivity index (χ3v) is 4.61. The second-order valence-electron chi connectivity index (χ2n) is 6.59. The number of hydrogen-bond acceptors (Lipinski definition) is 4. The molecule has 6 heteroatoms. The molecule has 0 saturated carbocycles. The molecule has 1 aliphatic heterocycles. The number of carbonyl (C=O) groups excluding carboxylic acids is 1. The normalized spacial score (nSPS) is 12.3. The average molecular weight is 371 g/mol. The van der Waals surface area contributed by atoms with Crippen molar-refractivity contribution in [3.05, 3.63) is 78.6 Å². The predicted octanol–water partition coefficient (Wildman–Crippen LogP) is 3.91. The number of amides is 1. The number of nitrogens with zero attached hydrogens (tertiary/aromatic N) is 2. The van der Waals surface area contributed by atoms with Crippen molar-refractivity contribution >= 4 is 17.2 Å². The number of nitrogens with one attached hydrogen (secondary N) is 1. The second kappa shape index (κ2) is 6.74. The van der Waals surface area contributed by atoms with E-state index >= 15 is 0 Å². The lowest BCUT2D eigenvalue weighted by Gasteiger charge is -2.07. The van der Waals surface area contributed by atoms with Gasteiger partial charge in [0.05, 0.1) is 12.1 Å². The lowest BCUT2D eigenvalue weighted by Crippen LogP contribution is -2.14. The summed E-state index contributed by atoms with van der Waals surface area (Å²) in [6.45, 7) is 0.223. The topological polar surface area (TPSA) is 64.9 Å². The fraction of sp³-hybridized carbons (Fsp3) is 0.0909. The molecule has 1 amide bonds. The standard InChI is InChI=1S/C22H17N3O3/c26-22(11-15-7-8-19-20(10-15)28-14-27-19)23-17-5-3-4-16(12-17)18-13-25-9-2-1-6-21(25)24-18/h1-10,12-13H,11,14H2,(H,23,26). The van der Waals surface area contributed by atoms with E-state index in [1.165, 1.54) is 0 Å². The van der Waals surface area contributed by atoms with Crippen LogP contribution in [-0.2, 0) is 11.2 Å². The van der Waals surface area contributed by atoms with Crippen LogP contribution in [0.15, 0.2) is 73.1 Å². The number of fused-ring (bicyclic) bond motifs is 2. The van der Waals surface area contributed by atoms with Crippen molar-refractivity contribution in [2.24, 2.45) is 0 Å². The third kappa shape index (κ3) is 3.16. The van der Waals surface area contributed by atoms with Gasteiger partial charge < -0.3 is 19.2 Å². The Morgan fingerprint density at radius 3 is 2.89 bits per heavy atom. The predicted molar refractivity (Wildman–Crippen MR) is 106 cm³/mol. The van der Waals surface area contributed by atoms with Gasteiger partial charge in [0, 0.05) is 23.6 Å². The van der Waals surface area contributed by atoms with E-state index in [-0.39, 0.29) is 19.1 Å². The number of aromatic nitrogens is 2. The number of benzene rings is 2. The van der Waals surface area contributed by atoms with Gasteiger partial charge in [0.1, 0.15) is 5.65 Å². The van der Waals surface area contributed by atoms with Crippen LogP contribution in [0.5, 0.6) is 11.5 Å². The molecule has 0 radical (unpaired) electrons. The maximum Gasteiger partial charge on any atom is 0.231 e. The van der Waals surface area contributed by atoms with E-state index < -0.39 is 0 Å². The number of ether oxygens (including phenoxy) is 2. The molecule has 5 rings (SSSR count). The van der Waals surface area contributed by atoms with E-state index in [0.29, 0.717) is 11.5 Å². The summed E-state index contributed by atoms with van der Waals surface area (Å²) in [5.74, 6) is 1.30. The average Bonchev–Trinajstić information content (AvgIpc) is 3.34. The lowest BCUT2D eigenvalue weighted by molar-refractivity contribution is -0.115. The number of hydrogen-bond donors (Lipinski definition) is 1. The summed E-state index contributed by atoms with van der Waals surface area (Å²) in [6.07, 6.45) is 4.20. The van der Waals surface area contributed by atoms with E-state index in [4.69, 9.17) is 9.47 Å². The molecule has 0 unspecified atom stereocenters. The molecule has 0 atom stereocenters. The first-order valence-electron chi connectivity index (χ1n) is 8.97. The molecule has 0 fully saturated rings. The van der Waals surface area contributed by atoms with E-state index in [1.807, 2.05) is 77.5 Å². The van der Waals surface area contributed by atoms with Crippen LogP contribution >= 0.6 is 0 Å². The molecule has 2 aromatic heterocycles. The quantitative estimate of drug-likeness (QED) is 0.591. The summed E-state index contributed by atoms with van der Waals surface area (Å²) in [5, 5.41) is 2.96. The number of carbonyl (C=O) groups is 1. The van der Waals surface area contributed by atoms with E-state index in [2.05, 4.69) is 10.3 Å². The highest BCUT2D eigenvalue weighted by atomic mass is 16.7. The maximum absolute atomic E-state index is 12.5. The summed E-state index contributed by atoms with van der Waals surface area (Å²) < 4.78 is 12.6. The van der Waals surface area contributed by atoms with Gasteiger partial charge in [-0.25, -0.2) is 4.98 Å². The van der Waals surface area contributed by atoms with Gasteiger partial charge in [0.25, 0.3) is 0 Å². The van der Waals surface area contributed by atoms with Crippen molar-refractivity contribution in [3.8, 4) is 22.8 Å². The Hall–Kier alpha value is -3.80. The lowest BCUT2D eigenvalue weighted by atomic mass is 10.1. The molecule has 0 bridgehead atoms. The monoisotopic (exact) mass is 371 g/mol. The van der Waals surface area contributed by atoms with Crippen molar-refractivity contribution in [2.45, 2.75) is 6.42 Å². The van der Waals surface area contributed by atoms with Crippen LogP contribution in [0.2, 0.25) is 0 Å². The molecule has 1 aliphatic rings. The van der Waals surface area contributed by atoms with Crippen LogP contribution in [0.1, 0.15) is 5.56 Å².